The monoisotopic (exact) mass is 591 g/mol. The fraction of sp³-hybridized carbons (Fsp3) is 0.556. The number of allylic oxidation sites excluding steroid dienone is 2. The van der Waals surface area contributed by atoms with E-state index in [2.05, 4.69) is 108 Å². The Morgan fingerprint density at radius 2 is 1.73 bits per heavy atom. The Bertz CT molecular complexity index is 1270. The third-order valence-electron chi connectivity index (χ3n) is 9.89. The SMILES string of the molecule is COCC[N-]c1ccc(C2=C(C3CCC(N(C)C)CC3)NC(c3ccc(CCC4(C)NC5C=CCCC5O4)cc3)N2)cc1.[Li+]. The molecule has 2 fully saturated rings. The van der Waals surface area contributed by atoms with E-state index in [4.69, 9.17) is 9.47 Å². The van der Waals surface area contributed by atoms with Gasteiger partial charge in [0, 0.05) is 31.4 Å². The molecule has 0 spiro atoms. The summed E-state index contributed by atoms with van der Waals surface area (Å²) >= 11 is 0. The van der Waals surface area contributed by atoms with Gasteiger partial charge in [0.2, 0.25) is 0 Å². The molecule has 0 bridgehead atoms. The number of nitrogens with one attached hydrogen (secondary N) is 3. The van der Waals surface area contributed by atoms with Crippen molar-refractivity contribution in [2.75, 3.05) is 34.4 Å². The molecule has 232 valence electrons. The van der Waals surface area contributed by atoms with E-state index in [9.17, 15) is 0 Å². The van der Waals surface area contributed by atoms with Crippen LogP contribution in [0.2, 0.25) is 0 Å². The van der Waals surface area contributed by atoms with E-state index in [0.717, 1.165) is 31.4 Å². The minimum atomic E-state index is -0.261. The van der Waals surface area contributed by atoms with E-state index in [1.807, 2.05) is 0 Å². The third-order valence-corrected chi connectivity index (χ3v) is 9.89. The summed E-state index contributed by atoms with van der Waals surface area (Å²) in [6, 6.07) is 18.9. The normalized spacial score (nSPS) is 29.6. The molecule has 6 rings (SSSR count). The molecule has 0 amide bonds. The molecule has 2 aliphatic carbocycles. The molecule has 1 saturated heterocycles. The van der Waals surface area contributed by atoms with Crippen molar-refractivity contribution in [3.8, 4) is 0 Å². The summed E-state index contributed by atoms with van der Waals surface area (Å²) in [5.74, 6) is 0.534. The Labute approximate surface area is 276 Å². The van der Waals surface area contributed by atoms with Crippen LogP contribution in [0.4, 0.5) is 5.69 Å². The zero-order valence-corrected chi connectivity index (χ0v) is 27.4. The number of hydrogen-bond acceptors (Lipinski definition) is 6. The van der Waals surface area contributed by atoms with Crippen molar-refractivity contribution < 1.29 is 28.3 Å². The Hall–Kier alpha value is -2.24. The van der Waals surface area contributed by atoms with Crippen molar-refractivity contribution >= 4 is 11.4 Å². The van der Waals surface area contributed by atoms with Gasteiger partial charge in [-0.3, -0.25) is 5.32 Å². The number of aryl methyl sites for hydroxylation is 1. The maximum absolute atomic E-state index is 6.45. The average Bonchev–Trinajstić information content (AvgIpc) is 3.62. The topological polar surface area (TPSA) is 71.9 Å². The van der Waals surface area contributed by atoms with Gasteiger partial charge >= 0.3 is 18.9 Å². The third kappa shape index (κ3) is 7.75. The molecule has 7 nitrogen and oxygen atoms in total. The predicted molar refractivity (Wildman–Crippen MR) is 175 cm³/mol. The van der Waals surface area contributed by atoms with Crippen LogP contribution in [0.3, 0.4) is 0 Å². The minimum Gasteiger partial charge on any atom is -0.683 e. The molecular weight excluding hydrogens is 541 g/mol. The number of nitrogens with zero attached hydrogens (tertiary/aromatic N) is 2. The van der Waals surface area contributed by atoms with Gasteiger partial charge < -0.3 is 30.3 Å². The zero-order valence-electron chi connectivity index (χ0n) is 27.4. The summed E-state index contributed by atoms with van der Waals surface area (Å²) in [5.41, 5.74) is 7.17. The summed E-state index contributed by atoms with van der Waals surface area (Å²) < 4.78 is 11.6. The number of methoxy groups -OCH3 is 1. The van der Waals surface area contributed by atoms with Crippen molar-refractivity contribution in [1.29, 1.82) is 0 Å². The molecule has 1 saturated carbocycles. The minimum absolute atomic E-state index is 0. The maximum atomic E-state index is 6.45. The summed E-state index contributed by atoms with van der Waals surface area (Å²) in [5, 5.41) is 16.2. The van der Waals surface area contributed by atoms with Gasteiger partial charge in [-0.05, 0) is 89.1 Å². The Balaban J connectivity index is 0.00000384. The van der Waals surface area contributed by atoms with Gasteiger partial charge in [0.15, 0.2) is 0 Å². The van der Waals surface area contributed by atoms with E-state index in [-0.39, 0.29) is 30.8 Å². The van der Waals surface area contributed by atoms with Gasteiger partial charge in [-0.1, -0.05) is 60.7 Å². The van der Waals surface area contributed by atoms with Crippen LogP contribution < -0.4 is 34.8 Å². The number of fused-ring (bicyclic) bond motifs is 1. The summed E-state index contributed by atoms with van der Waals surface area (Å²) in [7, 11) is 6.14. The molecule has 8 heteroatoms. The van der Waals surface area contributed by atoms with Crippen molar-refractivity contribution in [3.05, 3.63) is 88.4 Å². The van der Waals surface area contributed by atoms with Crippen LogP contribution in [0.15, 0.2) is 66.4 Å². The van der Waals surface area contributed by atoms with Gasteiger partial charge in [-0.25, -0.2) is 0 Å². The fourth-order valence-corrected chi connectivity index (χ4v) is 7.29. The molecule has 0 aromatic heterocycles. The van der Waals surface area contributed by atoms with Gasteiger partial charge in [-0.2, -0.15) is 0 Å². The molecule has 2 aliphatic heterocycles. The quantitative estimate of drug-likeness (QED) is 0.212. The first-order chi connectivity index (χ1) is 20.9. The predicted octanol–water partition coefficient (Wildman–Crippen LogP) is 3.38. The van der Waals surface area contributed by atoms with Crippen LogP contribution in [0.5, 0.6) is 0 Å². The molecule has 2 heterocycles. The van der Waals surface area contributed by atoms with Crippen LogP contribution in [0, 0.1) is 5.92 Å². The van der Waals surface area contributed by atoms with Gasteiger partial charge in [0.1, 0.15) is 11.9 Å². The van der Waals surface area contributed by atoms with Gasteiger partial charge in [0.25, 0.3) is 0 Å². The van der Waals surface area contributed by atoms with Crippen molar-refractivity contribution in [3.63, 3.8) is 0 Å². The molecule has 4 aliphatic rings. The number of ether oxygens (including phenoxy) is 2. The largest absolute Gasteiger partial charge is 1.00 e. The first kappa shape index (κ1) is 33.1. The van der Waals surface area contributed by atoms with Crippen LogP contribution in [0.1, 0.15) is 74.7 Å². The molecule has 2 aromatic carbocycles. The molecule has 0 radical (unpaired) electrons. The van der Waals surface area contributed by atoms with E-state index >= 15 is 0 Å². The van der Waals surface area contributed by atoms with Crippen molar-refractivity contribution in [2.45, 2.75) is 88.4 Å². The summed E-state index contributed by atoms with van der Waals surface area (Å²) in [4.78, 5) is 2.39. The molecular formula is C36H50LiN5O2. The zero-order chi connectivity index (χ0) is 29.8. The van der Waals surface area contributed by atoms with E-state index in [0.29, 0.717) is 37.3 Å². The van der Waals surface area contributed by atoms with E-state index in [1.54, 1.807) is 7.11 Å². The van der Waals surface area contributed by atoms with Crippen LogP contribution >= 0.6 is 0 Å². The Morgan fingerprint density at radius 3 is 2.41 bits per heavy atom. The Kier molecular flexibility index (Phi) is 11.2. The van der Waals surface area contributed by atoms with E-state index in [1.165, 1.54) is 53.8 Å². The van der Waals surface area contributed by atoms with Gasteiger partial charge in [0.05, 0.1) is 17.8 Å². The number of rotatable bonds is 11. The first-order valence-electron chi connectivity index (χ1n) is 16.3. The second-order valence-electron chi connectivity index (χ2n) is 13.2. The van der Waals surface area contributed by atoms with Gasteiger partial charge in [-0.15, -0.1) is 12.2 Å². The number of benzene rings is 2. The fourth-order valence-electron chi connectivity index (χ4n) is 7.29. The number of hydrogen-bond donors (Lipinski definition) is 3. The first-order valence-corrected chi connectivity index (χ1v) is 16.3. The summed E-state index contributed by atoms with van der Waals surface area (Å²) in [6.45, 7) is 3.53. The van der Waals surface area contributed by atoms with Crippen LogP contribution in [-0.2, 0) is 15.9 Å². The standard InChI is InChI=1S/C36H50N5O2.Li/c1-36(40-31-7-5-6-8-32(31)43-36)22-21-25-9-11-28(12-10-25)35-38-33(26-13-17-29(18-14-26)37-23-24-42-4)34(39-35)27-15-19-30(20-16-27)41(2)3;/h5,7,9-14,17-18,27,30-32,35,38-40H,6,8,15-16,19-24H2,1-4H3;/q-1;+1. The second kappa shape index (κ2) is 14.9. The Morgan fingerprint density at radius 1 is 0.977 bits per heavy atom. The second-order valence-corrected chi connectivity index (χ2v) is 13.2. The molecule has 3 N–H and O–H groups in total. The average molecular weight is 592 g/mol. The van der Waals surface area contributed by atoms with Crippen LogP contribution in [-0.4, -0.2) is 63.2 Å². The maximum Gasteiger partial charge on any atom is 1.00 e. The summed E-state index contributed by atoms with van der Waals surface area (Å²) in [6.07, 6.45) is 14.0. The van der Waals surface area contributed by atoms with E-state index < -0.39 is 0 Å². The molecule has 2 aromatic rings. The van der Waals surface area contributed by atoms with Crippen LogP contribution in [0.25, 0.3) is 11.0 Å². The smallest absolute Gasteiger partial charge is 0.683 e. The molecule has 4 unspecified atom stereocenters. The van der Waals surface area contributed by atoms with Crippen molar-refractivity contribution in [1.82, 2.24) is 20.9 Å². The van der Waals surface area contributed by atoms with Crippen molar-refractivity contribution in [2.24, 2.45) is 5.92 Å². The molecule has 4 atom stereocenters. The molecule has 44 heavy (non-hydrogen) atoms.